The third-order valence-electron chi connectivity index (χ3n) is 6.99. The Morgan fingerprint density at radius 2 is 1.94 bits per heavy atom. The van der Waals surface area contributed by atoms with E-state index in [2.05, 4.69) is 26.8 Å². The number of aryl methyl sites for hydroxylation is 2. The molecule has 36 heavy (non-hydrogen) atoms. The van der Waals surface area contributed by atoms with Gasteiger partial charge in [-0.1, -0.05) is 64.6 Å². The molecule has 0 spiro atoms. The van der Waals surface area contributed by atoms with Gasteiger partial charge in [-0.3, -0.25) is 0 Å². The molecule has 1 unspecified atom stereocenters. The molecule has 0 fully saturated rings. The molecule has 0 aliphatic carbocycles. The van der Waals surface area contributed by atoms with Gasteiger partial charge in [0.1, 0.15) is 16.3 Å². The van der Waals surface area contributed by atoms with Gasteiger partial charge in [0.2, 0.25) is 0 Å². The fraction of sp³-hybridized carbons (Fsp3) is 0.448. The Balaban J connectivity index is 1.61. The molecule has 2 N–H and O–H groups in total. The molecular weight excluding hydrogens is 490 g/mol. The number of carbonyl (C=O) groups is 1. The van der Waals surface area contributed by atoms with Crippen LogP contribution in [0.5, 0.6) is 0 Å². The molecule has 2 heterocycles. The average Bonchev–Trinajstić information content (AvgIpc) is 3.22. The molecule has 1 aliphatic heterocycles. The summed E-state index contributed by atoms with van der Waals surface area (Å²) in [7, 11) is 0. The Morgan fingerprint density at radius 1 is 1.22 bits per heavy atom. The van der Waals surface area contributed by atoms with E-state index in [4.69, 9.17) is 9.72 Å². The second kappa shape index (κ2) is 10.2. The van der Waals surface area contributed by atoms with Crippen molar-refractivity contribution in [2.45, 2.75) is 83.3 Å². The van der Waals surface area contributed by atoms with Gasteiger partial charge in [-0.15, -0.1) is 11.3 Å². The summed E-state index contributed by atoms with van der Waals surface area (Å²) in [5.74, 6) is -0.371. The van der Waals surface area contributed by atoms with Gasteiger partial charge < -0.3 is 14.9 Å². The van der Waals surface area contributed by atoms with Gasteiger partial charge >= 0.3 is 5.97 Å². The van der Waals surface area contributed by atoms with E-state index < -0.39 is 11.6 Å². The smallest absolute Gasteiger partial charge is 0.349 e. The first-order valence-corrected chi connectivity index (χ1v) is 14.0. The zero-order valence-electron chi connectivity index (χ0n) is 21.8. The highest BCUT2D eigenvalue weighted by Gasteiger charge is 2.44. The second-order valence-electron chi connectivity index (χ2n) is 10.9. The average molecular weight is 526 g/mol. The van der Waals surface area contributed by atoms with Crippen molar-refractivity contribution in [2.24, 2.45) is 5.92 Å². The molecule has 2 aromatic carbocycles. The van der Waals surface area contributed by atoms with Crippen LogP contribution in [0, 0.1) is 12.8 Å². The van der Waals surface area contributed by atoms with Crippen molar-refractivity contribution in [1.82, 2.24) is 4.98 Å². The van der Waals surface area contributed by atoms with E-state index in [-0.39, 0.29) is 35.0 Å². The normalized spacial score (nSPS) is 18.8. The molecule has 7 heteroatoms. The molecule has 0 amide bonds. The van der Waals surface area contributed by atoms with Gasteiger partial charge in [-0.2, -0.15) is 0 Å². The van der Waals surface area contributed by atoms with Crippen LogP contribution in [0.15, 0.2) is 52.0 Å². The lowest BCUT2D eigenvalue weighted by molar-refractivity contribution is -0.164. The quantitative estimate of drug-likeness (QED) is 0.317. The van der Waals surface area contributed by atoms with Crippen LogP contribution >= 0.6 is 23.1 Å². The van der Waals surface area contributed by atoms with Crippen molar-refractivity contribution in [3.8, 4) is 0 Å². The Morgan fingerprint density at radius 3 is 2.56 bits per heavy atom. The number of carbonyl (C=O) groups excluding carboxylic acids is 1. The second-order valence-corrected chi connectivity index (χ2v) is 13.1. The summed E-state index contributed by atoms with van der Waals surface area (Å²) in [5, 5.41) is 21.9. The van der Waals surface area contributed by atoms with Crippen LogP contribution in [0.3, 0.4) is 0 Å². The molecule has 1 aromatic heterocycles. The number of ether oxygens (including phenoxy) is 1. The van der Waals surface area contributed by atoms with Gasteiger partial charge in [0, 0.05) is 17.7 Å². The SMILES string of the molecule is Cc1cc(SC2=C(O)CC(CCc3nc4ccccc4s3)(C(C)C)OC2=O)c(C(C)(C)C)cc1CO. The van der Waals surface area contributed by atoms with Crippen LogP contribution in [0.4, 0.5) is 0 Å². The number of thioether (sulfide) groups is 1. The van der Waals surface area contributed by atoms with E-state index in [0.717, 1.165) is 36.8 Å². The summed E-state index contributed by atoms with van der Waals surface area (Å²) >= 11 is 2.92. The van der Waals surface area contributed by atoms with E-state index in [1.807, 2.05) is 51.1 Å². The van der Waals surface area contributed by atoms with Crippen molar-refractivity contribution in [2.75, 3.05) is 0 Å². The van der Waals surface area contributed by atoms with Crippen molar-refractivity contribution < 1.29 is 19.7 Å². The molecule has 0 saturated carbocycles. The summed E-state index contributed by atoms with van der Waals surface area (Å²) in [6.07, 6.45) is 1.55. The fourth-order valence-electron chi connectivity index (χ4n) is 4.62. The predicted octanol–water partition coefficient (Wildman–Crippen LogP) is 7.23. The highest BCUT2D eigenvalue weighted by atomic mass is 32.2. The van der Waals surface area contributed by atoms with Gasteiger partial charge in [-0.05, 0) is 59.6 Å². The number of aromatic nitrogens is 1. The van der Waals surface area contributed by atoms with Crippen LogP contribution in [0.2, 0.25) is 0 Å². The lowest BCUT2D eigenvalue weighted by atomic mass is 9.81. The lowest BCUT2D eigenvalue weighted by Crippen LogP contribution is -2.44. The topological polar surface area (TPSA) is 79.7 Å². The Kier molecular flexibility index (Phi) is 7.56. The molecule has 3 aromatic rings. The van der Waals surface area contributed by atoms with Gasteiger partial charge in [-0.25, -0.2) is 9.78 Å². The van der Waals surface area contributed by atoms with Gasteiger partial charge in [0.25, 0.3) is 0 Å². The molecule has 192 valence electrons. The van der Waals surface area contributed by atoms with Crippen LogP contribution in [0.1, 0.15) is 69.2 Å². The number of para-hydroxylation sites is 1. The fourth-order valence-corrected chi connectivity index (χ4v) is 6.83. The number of esters is 1. The van der Waals surface area contributed by atoms with Gasteiger partial charge in [0.05, 0.1) is 21.8 Å². The molecule has 0 radical (unpaired) electrons. The molecular formula is C29H35NO4S2. The van der Waals surface area contributed by atoms with E-state index >= 15 is 0 Å². The lowest BCUT2D eigenvalue weighted by Gasteiger charge is -2.40. The number of rotatable bonds is 7. The zero-order valence-corrected chi connectivity index (χ0v) is 23.5. The largest absolute Gasteiger partial charge is 0.511 e. The first-order chi connectivity index (χ1) is 16.9. The molecule has 1 atom stereocenters. The summed E-state index contributed by atoms with van der Waals surface area (Å²) in [6.45, 7) is 12.3. The minimum atomic E-state index is -0.785. The minimum Gasteiger partial charge on any atom is -0.511 e. The maximum atomic E-state index is 13.3. The number of hydrogen-bond donors (Lipinski definition) is 2. The van der Waals surface area contributed by atoms with Crippen molar-refractivity contribution >= 4 is 39.3 Å². The third-order valence-corrected chi connectivity index (χ3v) is 9.25. The van der Waals surface area contributed by atoms with Crippen LogP contribution in [-0.2, 0) is 28.0 Å². The molecule has 0 saturated heterocycles. The number of fused-ring (bicyclic) bond motifs is 1. The Labute approximate surface area is 221 Å². The van der Waals surface area contributed by atoms with Gasteiger partial charge in [0.15, 0.2) is 0 Å². The number of aliphatic hydroxyl groups is 2. The number of nitrogens with zero attached hydrogens (tertiary/aromatic N) is 1. The summed E-state index contributed by atoms with van der Waals surface area (Å²) in [6, 6.07) is 12.0. The number of hydrogen-bond acceptors (Lipinski definition) is 7. The monoisotopic (exact) mass is 525 g/mol. The Hall–Kier alpha value is -2.35. The molecule has 0 bridgehead atoms. The van der Waals surface area contributed by atoms with Crippen molar-refractivity contribution in [3.63, 3.8) is 0 Å². The molecule has 4 rings (SSSR count). The van der Waals surface area contributed by atoms with Crippen LogP contribution in [-0.4, -0.2) is 26.8 Å². The van der Waals surface area contributed by atoms with Crippen molar-refractivity contribution in [1.29, 1.82) is 0 Å². The minimum absolute atomic E-state index is 0.0285. The highest BCUT2D eigenvalue weighted by molar-refractivity contribution is 8.04. The molecule has 1 aliphatic rings. The molecule has 5 nitrogen and oxygen atoms in total. The maximum Gasteiger partial charge on any atom is 0.349 e. The number of aliphatic hydroxyl groups excluding tert-OH is 2. The standard InChI is InChI=1S/C29H35NO4S2/c1-17(2)29(12-11-25-30-21-9-7-8-10-23(21)35-25)15-22(32)26(27(33)34-29)36-24-13-18(3)19(16-31)14-20(24)28(4,5)6/h7-10,13-14,17,31-32H,11-12,15-16H2,1-6H3. The highest BCUT2D eigenvalue weighted by Crippen LogP contribution is 2.45. The van der Waals surface area contributed by atoms with Crippen LogP contribution < -0.4 is 0 Å². The number of benzene rings is 2. The van der Waals surface area contributed by atoms with E-state index in [9.17, 15) is 15.0 Å². The van der Waals surface area contributed by atoms with Crippen molar-refractivity contribution in [3.05, 3.63) is 68.8 Å². The predicted molar refractivity (Wildman–Crippen MR) is 148 cm³/mol. The summed E-state index contributed by atoms with van der Waals surface area (Å²) < 4.78 is 7.29. The summed E-state index contributed by atoms with van der Waals surface area (Å²) in [4.78, 5) is 19.2. The first kappa shape index (κ1) is 26.7. The van der Waals surface area contributed by atoms with E-state index in [1.165, 1.54) is 11.8 Å². The number of cyclic esters (lactones) is 1. The Bertz CT molecular complexity index is 1290. The number of thiazole rings is 1. The van der Waals surface area contributed by atoms with Crippen LogP contribution in [0.25, 0.3) is 10.2 Å². The maximum absolute atomic E-state index is 13.3. The third kappa shape index (κ3) is 5.34. The zero-order chi connectivity index (χ0) is 26.3. The summed E-state index contributed by atoms with van der Waals surface area (Å²) in [5.41, 5.74) is 2.83. The van der Waals surface area contributed by atoms with E-state index in [0.29, 0.717) is 12.8 Å². The van der Waals surface area contributed by atoms with E-state index in [1.54, 1.807) is 11.3 Å². The first-order valence-electron chi connectivity index (χ1n) is 12.4.